The highest BCUT2D eigenvalue weighted by molar-refractivity contribution is 7.93. The van der Waals surface area contributed by atoms with E-state index in [1.54, 1.807) is 24.3 Å². The van der Waals surface area contributed by atoms with Gasteiger partial charge in [-0.25, -0.2) is 12.8 Å². The van der Waals surface area contributed by atoms with Gasteiger partial charge in [0.15, 0.2) is 0 Å². The SMILES string of the molecule is O=C(c1ccc(NS(=O)(=O)c2cccc3cccnc23)cc1)N1CC(O)(c2ncccc2F)C1. The molecule has 0 spiro atoms. The van der Waals surface area contributed by atoms with Crippen LogP contribution in [0.5, 0.6) is 0 Å². The molecule has 1 aliphatic rings. The van der Waals surface area contributed by atoms with Crippen molar-refractivity contribution in [2.24, 2.45) is 0 Å². The summed E-state index contributed by atoms with van der Waals surface area (Å²) >= 11 is 0. The van der Waals surface area contributed by atoms with Gasteiger partial charge in [0.05, 0.1) is 18.6 Å². The van der Waals surface area contributed by atoms with E-state index in [-0.39, 0.29) is 35.3 Å². The standard InChI is InChI=1S/C24H19FN4O4S/c25-19-6-3-13-27-22(19)24(31)14-29(15-24)23(30)17-8-10-18(11-9-17)28-34(32,33)20-7-1-4-16-5-2-12-26-21(16)20/h1-13,28,31H,14-15H2. The summed E-state index contributed by atoms with van der Waals surface area (Å²) in [6.45, 7) is -0.190. The van der Waals surface area contributed by atoms with E-state index in [2.05, 4.69) is 14.7 Å². The monoisotopic (exact) mass is 478 g/mol. The minimum atomic E-state index is -3.92. The van der Waals surface area contributed by atoms with Crippen molar-refractivity contribution in [3.8, 4) is 0 Å². The van der Waals surface area contributed by atoms with Crippen LogP contribution in [0.15, 0.2) is 84.0 Å². The number of carbonyl (C=O) groups is 1. The number of amides is 1. The zero-order valence-corrected chi connectivity index (χ0v) is 18.5. The van der Waals surface area contributed by atoms with Crippen molar-refractivity contribution in [2.75, 3.05) is 17.8 Å². The molecule has 172 valence electrons. The number of pyridine rings is 2. The molecule has 0 bridgehead atoms. The van der Waals surface area contributed by atoms with Crippen LogP contribution in [0.2, 0.25) is 0 Å². The Hall–Kier alpha value is -3.89. The molecule has 2 aromatic heterocycles. The highest BCUT2D eigenvalue weighted by Gasteiger charge is 2.47. The number of para-hydroxylation sites is 1. The van der Waals surface area contributed by atoms with Crippen LogP contribution in [-0.4, -0.2) is 47.4 Å². The predicted octanol–water partition coefficient (Wildman–Crippen LogP) is 2.91. The van der Waals surface area contributed by atoms with Gasteiger partial charge < -0.3 is 10.0 Å². The van der Waals surface area contributed by atoms with Gasteiger partial charge in [-0.15, -0.1) is 0 Å². The van der Waals surface area contributed by atoms with Crippen LogP contribution in [0.25, 0.3) is 10.9 Å². The molecule has 4 aromatic rings. The smallest absolute Gasteiger partial charge is 0.264 e. The second-order valence-electron chi connectivity index (χ2n) is 8.04. The molecule has 1 aliphatic heterocycles. The van der Waals surface area contributed by atoms with Crippen molar-refractivity contribution in [3.63, 3.8) is 0 Å². The summed E-state index contributed by atoms with van der Waals surface area (Å²) in [6.07, 6.45) is 2.91. The maximum atomic E-state index is 14.0. The molecular formula is C24H19FN4O4S. The fourth-order valence-electron chi connectivity index (χ4n) is 3.97. The van der Waals surface area contributed by atoms with Crippen LogP contribution in [0.1, 0.15) is 16.1 Å². The fourth-order valence-corrected chi connectivity index (χ4v) is 5.21. The molecule has 0 atom stereocenters. The van der Waals surface area contributed by atoms with Crippen LogP contribution in [0.4, 0.5) is 10.1 Å². The van der Waals surface area contributed by atoms with Gasteiger partial charge in [0, 0.05) is 29.0 Å². The summed E-state index contributed by atoms with van der Waals surface area (Å²) in [7, 11) is -3.92. The van der Waals surface area contributed by atoms with Gasteiger partial charge in [-0.2, -0.15) is 0 Å². The predicted molar refractivity (Wildman–Crippen MR) is 123 cm³/mol. The first-order valence-corrected chi connectivity index (χ1v) is 11.8. The lowest BCUT2D eigenvalue weighted by Crippen LogP contribution is -2.61. The molecule has 1 saturated heterocycles. The zero-order chi connectivity index (χ0) is 23.9. The fraction of sp³-hybridized carbons (Fsp3) is 0.125. The minimum Gasteiger partial charge on any atom is -0.380 e. The lowest BCUT2D eigenvalue weighted by Gasteiger charge is -2.45. The molecule has 5 rings (SSSR count). The minimum absolute atomic E-state index is 0.0485. The summed E-state index contributed by atoms with van der Waals surface area (Å²) in [6, 6.07) is 17.0. The summed E-state index contributed by atoms with van der Waals surface area (Å²) in [5, 5.41) is 11.3. The highest BCUT2D eigenvalue weighted by atomic mass is 32.2. The van der Waals surface area contributed by atoms with Crippen LogP contribution in [-0.2, 0) is 15.6 Å². The molecule has 8 nitrogen and oxygen atoms in total. The highest BCUT2D eigenvalue weighted by Crippen LogP contribution is 2.33. The van der Waals surface area contributed by atoms with Crippen molar-refractivity contribution in [1.82, 2.24) is 14.9 Å². The van der Waals surface area contributed by atoms with Gasteiger partial charge in [0.2, 0.25) is 0 Å². The van der Waals surface area contributed by atoms with Crippen molar-refractivity contribution in [1.29, 1.82) is 0 Å². The Morgan fingerprint density at radius 1 is 0.971 bits per heavy atom. The van der Waals surface area contributed by atoms with Crippen LogP contribution in [0.3, 0.4) is 0 Å². The van der Waals surface area contributed by atoms with E-state index < -0.39 is 21.4 Å². The lowest BCUT2D eigenvalue weighted by molar-refractivity contribution is -0.0914. The Balaban J connectivity index is 1.30. The number of halogens is 1. The van der Waals surface area contributed by atoms with E-state index in [0.717, 1.165) is 0 Å². The number of aromatic nitrogens is 2. The summed E-state index contributed by atoms with van der Waals surface area (Å²) in [5.41, 5.74) is -0.688. The number of aliphatic hydroxyl groups is 1. The van der Waals surface area contributed by atoms with Crippen molar-refractivity contribution in [2.45, 2.75) is 10.5 Å². The molecule has 1 amide bonds. The maximum absolute atomic E-state index is 14.0. The Kier molecular flexibility index (Phi) is 5.26. The quantitative estimate of drug-likeness (QED) is 0.456. The summed E-state index contributed by atoms with van der Waals surface area (Å²) in [5.74, 6) is -0.996. The number of fused-ring (bicyclic) bond motifs is 1. The summed E-state index contributed by atoms with van der Waals surface area (Å²) in [4.78, 5) is 22.2. The Morgan fingerprint density at radius 3 is 2.38 bits per heavy atom. The number of hydrogen-bond donors (Lipinski definition) is 2. The molecular weight excluding hydrogens is 459 g/mol. The van der Waals surface area contributed by atoms with E-state index in [1.807, 2.05) is 0 Å². The number of anilines is 1. The topological polar surface area (TPSA) is 112 Å². The second-order valence-corrected chi connectivity index (χ2v) is 9.69. The van der Waals surface area contributed by atoms with E-state index in [4.69, 9.17) is 0 Å². The zero-order valence-electron chi connectivity index (χ0n) is 17.7. The number of rotatable bonds is 5. The summed E-state index contributed by atoms with van der Waals surface area (Å²) < 4.78 is 42.4. The first kappa shape index (κ1) is 21.9. The average Bonchev–Trinajstić information content (AvgIpc) is 2.82. The number of likely N-dealkylation sites (tertiary alicyclic amines) is 1. The Bertz CT molecular complexity index is 1500. The van der Waals surface area contributed by atoms with Crippen LogP contribution < -0.4 is 4.72 Å². The van der Waals surface area contributed by atoms with Crippen molar-refractivity contribution < 1.29 is 22.7 Å². The van der Waals surface area contributed by atoms with E-state index >= 15 is 0 Å². The molecule has 2 N–H and O–H groups in total. The molecule has 3 heterocycles. The maximum Gasteiger partial charge on any atom is 0.264 e. The third-order valence-corrected chi connectivity index (χ3v) is 7.07. The van der Waals surface area contributed by atoms with E-state index in [0.29, 0.717) is 16.5 Å². The molecule has 10 heteroatoms. The molecule has 34 heavy (non-hydrogen) atoms. The van der Waals surface area contributed by atoms with Crippen LogP contribution in [0, 0.1) is 5.82 Å². The molecule has 0 unspecified atom stereocenters. The normalized spacial score (nSPS) is 15.1. The van der Waals surface area contributed by atoms with Crippen molar-refractivity contribution >= 4 is 32.5 Å². The largest absolute Gasteiger partial charge is 0.380 e. The molecule has 0 aliphatic carbocycles. The number of sulfonamides is 1. The molecule has 0 saturated carbocycles. The number of nitrogens with zero attached hydrogens (tertiary/aromatic N) is 3. The number of carbonyl (C=O) groups excluding carboxylic acids is 1. The third-order valence-electron chi connectivity index (χ3n) is 5.66. The van der Waals surface area contributed by atoms with Gasteiger partial charge in [-0.05, 0) is 48.5 Å². The first-order valence-electron chi connectivity index (χ1n) is 10.4. The van der Waals surface area contributed by atoms with Crippen molar-refractivity contribution in [3.05, 3.63) is 96.2 Å². The van der Waals surface area contributed by atoms with Gasteiger partial charge in [-0.3, -0.25) is 19.5 Å². The Labute approximate surface area is 194 Å². The molecule has 2 aromatic carbocycles. The van der Waals surface area contributed by atoms with Crippen LogP contribution >= 0.6 is 0 Å². The number of β-amino-alcohol motifs (C(OH)–C–C–N with tert-alkyl or cyclic N) is 1. The van der Waals surface area contributed by atoms with Gasteiger partial charge in [0.25, 0.3) is 15.9 Å². The second kappa shape index (κ2) is 8.15. The van der Waals surface area contributed by atoms with Gasteiger partial charge in [-0.1, -0.05) is 18.2 Å². The average molecular weight is 479 g/mol. The van der Waals surface area contributed by atoms with Gasteiger partial charge >= 0.3 is 0 Å². The Morgan fingerprint density at radius 2 is 1.65 bits per heavy atom. The third kappa shape index (κ3) is 3.87. The molecule has 0 radical (unpaired) electrons. The van der Waals surface area contributed by atoms with E-state index in [1.165, 1.54) is 59.8 Å². The molecule has 1 fully saturated rings. The first-order chi connectivity index (χ1) is 16.3. The van der Waals surface area contributed by atoms with E-state index in [9.17, 15) is 22.7 Å². The number of benzene rings is 2. The number of hydrogen-bond acceptors (Lipinski definition) is 6. The lowest BCUT2D eigenvalue weighted by atomic mass is 9.89. The van der Waals surface area contributed by atoms with Gasteiger partial charge in [0.1, 0.15) is 22.0 Å². The number of nitrogens with one attached hydrogen (secondary N) is 1.